The minimum atomic E-state index is -4.04. The number of thiophene rings is 1. The SMILES string of the molecule is Cc1cc(C(C)C)c(NC(=O)NS(=O)(=O)c2cnc3ccsc3c2)c(C(C)C)c1. The van der Waals surface area contributed by atoms with Gasteiger partial charge in [0.25, 0.3) is 10.0 Å². The van der Waals surface area contributed by atoms with Crippen molar-refractivity contribution in [3.63, 3.8) is 0 Å². The summed E-state index contributed by atoms with van der Waals surface area (Å²) in [4.78, 5) is 16.7. The number of pyridine rings is 1. The topological polar surface area (TPSA) is 88.2 Å². The van der Waals surface area contributed by atoms with Gasteiger partial charge in [-0.2, -0.15) is 0 Å². The number of carbonyl (C=O) groups is 1. The van der Waals surface area contributed by atoms with E-state index < -0.39 is 16.1 Å². The third-order valence-corrected chi connectivity index (χ3v) is 6.79. The number of aryl methyl sites for hydroxylation is 1. The normalized spacial score (nSPS) is 12.0. The molecule has 8 heteroatoms. The molecule has 0 atom stereocenters. The van der Waals surface area contributed by atoms with Gasteiger partial charge < -0.3 is 5.32 Å². The van der Waals surface area contributed by atoms with Gasteiger partial charge in [-0.3, -0.25) is 4.98 Å². The molecule has 0 spiro atoms. The lowest BCUT2D eigenvalue weighted by Gasteiger charge is -2.21. The van der Waals surface area contributed by atoms with E-state index >= 15 is 0 Å². The molecule has 2 aromatic heterocycles. The molecule has 0 saturated heterocycles. The number of anilines is 1. The van der Waals surface area contributed by atoms with E-state index in [9.17, 15) is 13.2 Å². The second kappa shape index (κ2) is 8.12. The third-order valence-electron chi connectivity index (χ3n) is 4.64. The number of amides is 2. The molecule has 0 unspecified atom stereocenters. The Balaban J connectivity index is 1.90. The summed E-state index contributed by atoms with van der Waals surface area (Å²) in [7, 11) is -4.04. The Kier molecular flexibility index (Phi) is 5.95. The Labute approximate surface area is 175 Å². The Hall–Kier alpha value is -2.45. The maximum absolute atomic E-state index is 12.7. The van der Waals surface area contributed by atoms with E-state index in [1.165, 1.54) is 23.6 Å². The van der Waals surface area contributed by atoms with Crippen LogP contribution >= 0.6 is 11.3 Å². The zero-order chi connectivity index (χ0) is 21.3. The Morgan fingerprint density at radius 2 is 1.69 bits per heavy atom. The van der Waals surface area contributed by atoms with Crippen LogP contribution in [0.1, 0.15) is 56.2 Å². The standard InChI is InChI=1S/C21H25N3O3S2/c1-12(2)16-8-14(5)9-17(13(3)4)20(16)23-21(25)24-29(26,27)15-10-19-18(22-11-15)6-7-28-19/h6-13H,1-5H3,(H2,23,24,25). The maximum atomic E-state index is 12.7. The number of sulfonamides is 1. The van der Waals surface area contributed by atoms with E-state index in [4.69, 9.17) is 0 Å². The van der Waals surface area contributed by atoms with Gasteiger partial charge in [-0.05, 0) is 47.4 Å². The van der Waals surface area contributed by atoms with Crippen molar-refractivity contribution in [2.24, 2.45) is 0 Å². The predicted octanol–water partition coefficient (Wildman–Crippen LogP) is 5.36. The van der Waals surface area contributed by atoms with Crippen molar-refractivity contribution in [2.45, 2.75) is 51.3 Å². The number of nitrogens with zero attached hydrogens (tertiary/aromatic N) is 1. The van der Waals surface area contributed by atoms with Gasteiger partial charge in [0.15, 0.2) is 0 Å². The van der Waals surface area contributed by atoms with Gasteiger partial charge in [-0.1, -0.05) is 45.4 Å². The maximum Gasteiger partial charge on any atom is 0.333 e. The van der Waals surface area contributed by atoms with Crippen LogP contribution in [0.3, 0.4) is 0 Å². The van der Waals surface area contributed by atoms with Crippen molar-refractivity contribution < 1.29 is 13.2 Å². The molecule has 0 aliphatic rings. The van der Waals surface area contributed by atoms with Crippen molar-refractivity contribution in [3.8, 4) is 0 Å². The van der Waals surface area contributed by atoms with Crippen LogP contribution in [0, 0.1) is 6.92 Å². The molecule has 2 N–H and O–H groups in total. The fourth-order valence-electron chi connectivity index (χ4n) is 3.19. The third kappa shape index (κ3) is 4.59. The van der Waals surface area contributed by atoms with Gasteiger partial charge in [0.2, 0.25) is 0 Å². The summed E-state index contributed by atoms with van der Waals surface area (Å²) in [5.41, 5.74) is 4.44. The highest BCUT2D eigenvalue weighted by molar-refractivity contribution is 7.90. The number of nitrogens with one attached hydrogen (secondary N) is 2. The van der Waals surface area contributed by atoms with E-state index in [1.807, 2.05) is 58.2 Å². The Bertz CT molecular complexity index is 1140. The molecule has 29 heavy (non-hydrogen) atoms. The van der Waals surface area contributed by atoms with Gasteiger partial charge >= 0.3 is 6.03 Å². The van der Waals surface area contributed by atoms with Crippen LogP contribution in [0.15, 0.2) is 40.7 Å². The van der Waals surface area contributed by atoms with Crippen LogP contribution in [0.25, 0.3) is 10.2 Å². The largest absolute Gasteiger partial charge is 0.333 e. The average molecular weight is 432 g/mol. The molecule has 2 heterocycles. The summed E-state index contributed by atoms with van der Waals surface area (Å²) in [6.45, 7) is 10.2. The monoisotopic (exact) mass is 431 g/mol. The van der Waals surface area contributed by atoms with Crippen LogP contribution in [0.4, 0.5) is 10.5 Å². The second-order valence-electron chi connectivity index (χ2n) is 7.66. The minimum Gasteiger partial charge on any atom is -0.307 e. The summed E-state index contributed by atoms with van der Waals surface area (Å²) in [6.07, 6.45) is 1.26. The number of aromatic nitrogens is 1. The molecule has 2 amide bonds. The van der Waals surface area contributed by atoms with Crippen molar-refractivity contribution in [1.29, 1.82) is 0 Å². The zero-order valence-corrected chi connectivity index (χ0v) is 18.7. The van der Waals surface area contributed by atoms with Crippen molar-refractivity contribution in [2.75, 3.05) is 5.32 Å². The second-order valence-corrected chi connectivity index (χ2v) is 10.3. The molecule has 6 nitrogen and oxygen atoms in total. The van der Waals surface area contributed by atoms with E-state index in [2.05, 4.69) is 15.0 Å². The zero-order valence-electron chi connectivity index (χ0n) is 17.1. The van der Waals surface area contributed by atoms with Crippen molar-refractivity contribution in [3.05, 3.63) is 52.5 Å². The predicted molar refractivity (Wildman–Crippen MR) is 118 cm³/mol. The molecule has 0 aliphatic carbocycles. The van der Waals surface area contributed by atoms with Gasteiger partial charge in [0.05, 0.1) is 10.2 Å². The van der Waals surface area contributed by atoms with Gasteiger partial charge in [0.1, 0.15) is 4.90 Å². The molecule has 3 aromatic rings. The van der Waals surface area contributed by atoms with E-state index in [0.29, 0.717) is 5.69 Å². The van der Waals surface area contributed by atoms with Gasteiger partial charge in [-0.25, -0.2) is 17.9 Å². The van der Waals surface area contributed by atoms with Gasteiger partial charge in [0, 0.05) is 11.9 Å². The smallest absolute Gasteiger partial charge is 0.307 e. The number of hydrogen-bond donors (Lipinski definition) is 2. The van der Waals surface area contributed by atoms with Crippen molar-refractivity contribution in [1.82, 2.24) is 9.71 Å². The number of hydrogen-bond acceptors (Lipinski definition) is 5. The summed E-state index contributed by atoms with van der Waals surface area (Å²) in [6, 6.07) is 6.59. The number of fused-ring (bicyclic) bond motifs is 1. The van der Waals surface area contributed by atoms with E-state index in [1.54, 1.807) is 0 Å². The molecular formula is C21H25N3O3S2. The lowest BCUT2D eigenvalue weighted by molar-refractivity contribution is 0.256. The molecule has 0 radical (unpaired) electrons. The molecule has 0 fully saturated rings. The molecule has 1 aromatic carbocycles. The van der Waals surface area contributed by atoms with Gasteiger partial charge in [-0.15, -0.1) is 11.3 Å². The van der Waals surface area contributed by atoms with Crippen LogP contribution < -0.4 is 10.0 Å². The molecular weight excluding hydrogens is 406 g/mol. The first kappa shape index (κ1) is 21.3. The number of urea groups is 1. The van der Waals surface area contributed by atoms with Crippen LogP contribution in [-0.2, 0) is 10.0 Å². The Morgan fingerprint density at radius 3 is 2.28 bits per heavy atom. The summed E-state index contributed by atoms with van der Waals surface area (Å²) in [5, 5.41) is 4.62. The van der Waals surface area contributed by atoms with Crippen LogP contribution in [0.2, 0.25) is 0 Å². The van der Waals surface area contributed by atoms with E-state index in [0.717, 1.165) is 26.9 Å². The van der Waals surface area contributed by atoms with Crippen molar-refractivity contribution >= 4 is 43.3 Å². The number of benzene rings is 1. The van der Waals surface area contributed by atoms with E-state index in [-0.39, 0.29) is 16.7 Å². The summed E-state index contributed by atoms with van der Waals surface area (Å²) in [5.74, 6) is 0.342. The minimum absolute atomic E-state index is 0.0420. The molecule has 3 rings (SSSR count). The summed E-state index contributed by atoms with van der Waals surface area (Å²) >= 11 is 1.40. The molecule has 0 bridgehead atoms. The Morgan fingerprint density at radius 1 is 1.07 bits per heavy atom. The van der Waals surface area contributed by atoms with Crippen LogP contribution in [-0.4, -0.2) is 19.4 Å². The fraction of sp³-hybridized carbons (Fsp3) is 0.333. The molecule has 154 valence electrons. The first-order valence-corrected chi connectivity index (χ1v) is 11.8. The first-order valence-electron chi connectivity index (χ1n) is 9.40. The highest BCUT2D eigenvalue weighted by Crippen LogP contribution is 2.34. The average Bonchev–Trinajstić information content (AvgIpc) is 3.09. The number of rotatable bonds is 5. The first-order chi connectivity index (χ1) is 13.6. The lowest BCUT2D eigenvalue weighted by atomic mass is 9.90. The molecule has 0 aliphatic heterocycles. The quantitative estimate of drug-likeness (QED) is 0.569. The highest BCUT2D eigenvalue weighted by atomic mass is 32.2. The highest BCUT2D eigenvalue weighted by Gasteiger charge is 2.22. The summed E-state index contributed by atoms with van der Waals surface area (Å²) < 4.78 is 28.2. The lowest BCUT2D eigenvalue weighted by Crippen LogP contribution is -2.35. The number of carbonyl (C=O) groups excluding carboxylic acids is 1. The van der Waals surface area contributed by atoms with Crippen LogP contribution in [0.5, 0.6) is 0 Å². The fourth-order valence-corrected chi connectivity index (χ4v) is 4.93. The molecule has 0 saturated carbocycles.